The lowest BCUT2D eigenvalue weighted by molar-refractivity contribution is 0.213. The first kappa shape index (κ1) is 21.2. The fourth-order valence-electron chi connectivity index (χ4n) is 4.29. The van der Waals surface area contributed by atoms with Crippen molar-refractivity contribution < 1.29 is 9.47 Å². The molecule has 3 aromatic rings. The summed E-state index contributed by atoms with van der Waals surface area (Å²) in [5.74, 6) is 2.16. The Morgan fingerprint density at radius 1 is 0.968 bits per heavy atom. The molecule has 1 unspecified atom stereocenters. The third-order valence-corrected chi connectivity index (χ3v) is 5.95. The van der Waals surface area contributed by atoms with Crippen molar-refractivity contribution >= 4 is 22.7 Å². The van der Waals surface area contributed by atoms with Gasteiger partial charge in [-0.15, -0.1) is 0 Å². The van der Waals surface area contributed by atoms with Gasteiger partial charge in [-0.05, 0) is 37.6 Å². The van der Waals surface area contributed by atoms with Crippen molar-refractivity contribution in [3.05, 3.63) is 48.0 Å². The second kappa shape index (κ2) is 9.83. The quantitative estimate of drug-likeness (QED) is 0.589. The molecule has 0 bridgehead atoms. The summed E-state index contributed by atoms with van der Waals surface area (Å²) in [6.45, 7) is 2.93. The largest absolute Gasteiger partial charge is 0.493 e. The molecule has 1 aliphatic rings. The smallest absolute Gasteiger partial charge is 0.225 e. The Kier molecular flexibility index (Phi) is 6.72. The number of methoxy groups -OCH3 is 2. The van der Waals surface area contributed by atoms with E-state index in [-0.39, 0.29) is 6.04 Å². The number of rotatable bonds is 7. The second-order valence-corrected chi connectivity index (χ2v) is 7.91. The van der Waals surface area contributed by atoms with Crippen LogP contribution in [-0.2, 0) is 0 Å². The number of nitrogens with one attached hydrogen (secondary N) is 1. The minimum absolute atomic E-state index is 0.255. The van der Waals surface area contributed by atoms with E-state index in [1.54, 1.807) is 14.2 Å². The maximum Gasteiger partial charge on any atom is 0.225 e. The first-order chi connectivity index (χ1) is 15.2. The van der Waals surface area contributed by atoms with Gasteiger partial charge in [-0.1, -0.05) is 43.2 Å². The molecular weight excluding hydrogens is 390 g/mol. The monoisotopic (exact) mass is 421 g/mol. The summed E-state index contributed by atoms with van der Waals surface area (Å²) < 4.78 is 10.8. The van der Waals surface area contributed by atoms with Crippen LogP contribution in [0, 0.1) is 0 Å². The van der Waals surface area contributed by atoms with E-state index in [4.69, 9.17) is 20.2 Å². The topological polar surface area (TPSA) is 85.5 Å². The van der Waals surface area contributed by atoms with Gasteiger partial charge in [-0.3, -0.25) is 4.90 Å². The van der Waals surface area contributed by atoms with Gasteiger partial charge in [0, 0.05) is 18.0 Å². The normalized spacial score (nSPS) is 15.9. The van der Waals surface area contributed by atoms with Crippen LogP contribution < -0.4 is 20.5 Å². The van der Waals surface area contributed by atoms with E-state index in [9.17, 15) is 0 Å². The van der Waals surface area contributed by atoms with Gasteiger partial charge in [0.15, 0.2) is 11.5 Å². The minimum atomic E-state index is 0.255. The summed E-state index contributed by atoms with van der Waals surface area (Å²) in [7, 11) is 3.21. The van der Waals surface area contributed by atoms with E-state index >= 15 is 0 Å². The number of likely N-dealkylation sites (tertiary alicyclic amines) is 1. The van der Waals surface area contributed by atoms with Gasteiger partial charge < -0.3 is 20.5 Å². The van der Waals surface area contributed by atoms with Crippen LogP contribution in [0.3, 0.4) is 0 Å². The highest BCUT2D eigenvalue weighted by atomic mass is 16.5. The Hall–Kier alpha value is -3.06. The summed E-state index contributed by atoms with van der Waals surface area (Å²) in [5.41, 5.74) is 8.28. The molecule has 3 N–H and O–H groups in total. The van der Waals surface area contributed by atoms with Crippen LogP contribution in [0.1, 0.15) is 37.3 Å². The lowest BCUT2D eigenvalue weighted by Gasteiger charge is -2.31. The molecule has 1 aromatic heterocycles. The predicted molar refractivity (Wildman–Crippen MR) is 125 cm³/mol. The van der Waals surface area contributed by atoms with Crippen LogP contribution >= 0.6 is 0 Å². The Morgan fingerprint density at radius 2 is 1.65 bits per heavy atom. The van der Waals surface area contributed by atoms with Crippen molar-refractivity contribution in [2.24, 2.45) is 0 Å². The average molecular weight is 422 g/mol. The summed E-state index contributed by atoms with van der Waals surface area (Å²) in [6.07, 6.45) is 5.09. The van der Waals surface area contributed by atoms with Gasteiger partial charge in [-0.25, -0.2) is 4.98 Å². The van der Waals surface area contributed by atoms with Crippen molar-refractivity contribution in [2.45, 2.75) is 31.7 Å². The number of nitrogen functional groups attached to an aromatic ring is 1. The zero-order chi connectivity index (χ0) is 21.6. The van der Waals surface area contributed by atoms with Gasteiger partial charge in [0.1, 0.15) is 5.82 Å². The number of anilines is 2. The maximum atomic E-state index is 6.26. The minimum Gasteiger partial charge on any atom is -0.493 e. The number of aromatic nitrogens is 2. The number of hydrogen-bond donors (Lipinski definition) is 2. The molecule has 2 heterocycles. The van der Waals surface area contributed by atoms with Gasteiger partial charge in [0.05, 0.1) is 25.8 Å². The lowest BCUT2D eigenvalue weighted by atomic mass is 10.0. The highest BCUT2D eigenvalue weighted by Crippen LogP contribution is 2.34. The van der Waals surface area contributed by atoms with Gasteiger partial charge in [0.25, 0.3) is 0 Å². The molecular formula is C24H31N5O2. The van der Waals surface area contributed by atoms with Crippen LogP contribution in [-0.4, -0.2) is 48.7 Å². The highest BCUT2D eigenvalue weighted by molar-refractivity contribution is 5.91. The number of nitrogens with zero attached hydrogens (tertiary/aromatic N) is 3. The number of ether oxygens (including phenoxy) is 2. The molecule has 0 spiro atoms. The molecule has 1 saturated heterocycles. The molecule has 0 aliphatic carbocycles. The Bertz CT molecular complexity index is 1000. The molecule has 0 radical (unpaired) electrons. The molecule has 7 nitrogen and oxygen atoms in total. The zero-order valence-corrected chi connectivity index (χ0v) is 18.3. The molecule has 2 aromatic carbocycles. The van der Waals surface area contributed by atoms with Crippen LogP contribution in [0.2, 0.25) is 0 Å². The van der Waals surface area contributed by atoms with Crippen molar-refractivity contribution in [3.63, 3.8) is 0 Å². The molecule has 0 amide bonds. The van der Waals surface area contributed by atoms with E-state index in [2.05, 4.69) is 45.5 Å². The average Bonchev–Trinajstić information content (AvgIpc) is 3.08. The maximum absolute atomic E-state index is 6.26. The molecule has 1 aliphatic heterocycles. The standard InChI is InChI=1S/C24H31N5O2/c1-30-21-14-18-19(15-22(21)31-2)27-24(28-23(18)25)26-16-20(17-10-6-5-7-11-17)29-12-8-3-4-9-13-29/h5-7,10-11,14-15,20H,3-4,8-9,12-13,16H2,1-2H3,(H3,25,26,27,28). The molecule has 0 saturated carbocycles. The first-order valence-corrected chi connectivity index (χ1v) is 10.9. The summed E-state index contributed by atoms with van der Waals surface area (Å²) in [6, 6.07) is 14.6. The second-order valence-electron chi connectivity index (χ2n) is 7.91. The lowest BCUT2D eigenvalue weighted by Crippen LogP contribution is -2.34. The van der Waals surface area contributed by atoms with E-state index in [1.807, 2.05) is 12.1 Å². The summed E-state index contributed by atoms with van der Waals surface area (Å²) in [4.78, 5) is 11.8. The Morgan fingerprint density at radius 3 is 2.32 bits per heavy atom. The van der Waals surface area contributed by atoms with E-state index in [0.717, 1.165) is 24.0 Å². The van der Waals surface area contributed by atoms with E-state index in [1.165, 1.54) is 31.2 Å². The first-order valence-electron chi connectivity index (χ1n) is 10.9. The number of benzene rings is 2. The highest BCUT2D eigenvalue weighted by Gasteiger charge is 2.22. The van der Waals surface area contributed by atoms with Gasteiger partial charge >= 0.3 is 0 Å². The number of fused-ring (bicyclic) bond motifs is 1. The molecule has 164 valence electrons. The van der Waals surface area contributed by atoms with Gasteiger partial charge in [0.2, 0.25) is 5.95 Å². The zero-order valence-electron chi connectivity index (χ0n) is 18.3. The van der Waals surface area contributed by atoms with Gasteiger partial charge in [-0.2, -0.15) is 4.98 Å². The van der Waals surface area contributed by atoms with Crippen LogP contribution in [0.15, 0.2) is 42.5 Å². The molecule has 31 heavy (non-hydrogen) atoms. The SMILES string of the molecule is COc1cc2nc(NCC(c3ccccc3)N3CCCCCC3)nc(N)c2cc1OC. The fraction of sp³-hybridized carbons (Fsp3) is 0.417. The molecule has 1 atom stereocenters. The molecule has 1 fully saturated rings. The fourth-order valence-corrected chi connectivity index (χ4v) is 4.29. The number of nitrogens with two attached hydrogens (primary N) is 1. The molecule has 4 rings (SSSR count). The number of hydrogen-bond acceptors (Lipinski definition) is 7. The van der Waals surface area contributed by atoms with E-state index < -0.39 is 0 Å². The molecule has 7 heteroatoms. The van der Waals surface area contributed by atoms with Crippen molar-refractivity contribution in [3.8, 4) is 11.5 Å². The summed E-state index contributed by atoms with van der Waals surface area (Å²) >= 11 is 0. The third-order valence-electron chi connectivity index (χ3n) is 5.95. The van der Waals surface area contributed by atoms with E-state index in [0.29, 0.717) is 29.8 Å². The van der Waals surface area contributed by atoms with Crippen molar-refractivity contribution in [1.82, 2.24) is 14.9 Å². The predicted octanol–water partition coefficient (Wildman–Crippen LogP) is 4.26. The Balaban J connectivity index is 1.60. The summed E-state index contributed by atoms with van der Waals surface area (Å²) in [5, 5.41) is 4.19. The van der Waals surface area contributed by atoms with Crippen molar-refractivity contribution in [2.75, 3.05) is 44.9 Å². The third kappa shape index (κ3) is 4.82. The van der Waals surface area contributed by atoms with Crippen LogP contribution in [0.4, 0.5) is 11.8 Å². The van der Waals surface area contributed by atoms with Crippen LogP contribution in [0.25, 0.3) is 10.9 Å². The van der Waals surface area contributed by atoms with Crippen LogP contribution in [0.5, 0.6) is 11.5 Å². The van der Waals surface area contributed by atoms with Crippen molar-refractivity contribution in [1.29, 1.82) is 0 Å². The Labute approximate surface area is 183 Å².